The van der Waals surface area contributed by atoms with Crippen LogP contribution in [-0.2, 0) is 6.54 Å². The molecule has 1 aromatic rings. The molecule has 0 aliphatic rings. The molecule has 0 spiro atoms. The lowest BCUT2D eigenvalue weighted by molar-refractivity contribution is 0.268. The van der Waals surface area contributed by atoms with E-state index in [4.69, 9.17) is 16.1 Å². The van der Waals surface area contributed by atoms with Crippen molar-refractivity contribution in [1.29, 1.82) is 5.26 Å². The van der Waals surface area contributed by atoms with Gasteiger partial charge in [0, 0.05) is 0 Å². The number of aliphatic hydroxyl groups is 1. The molecule has 6 heteroatoms. The van der Waals surface area contributed by atoms with Gasteiger partial charge in [0.15, 0.2) is 0 Å². The first-order valence-electron chi connectivity index (χ1n) is 3.44. The average Bonchev–Trinajstić information content (AvgIpc) is 2.52. The van der Waals surface area contributed by atoms with Gasteiger partial charge in [0.25, 0.3) is 0 Å². The molecule has 1 aromatic heterocycles. The Bertz CT molecular complexity index is 288. The highest BCUT2D eigenvalue weighted by atomic mass is 16.3. The lowest BCUT2D eigenvalue weighted by Crippen LogP contribution is -2.07. The Hall–Kier alpha value is -1.45. The quantitative estimate of drug-likeness (QED) is 0.588. The van der Waals surface area contributed by atoms with Gasteiger partial charge < -0.3 is 10.8 Å². The highest BCUT2D eigenvalue weighted by Gasteiger charge is 2.08. The van der Waals surface area contributed by atoms with E-state index >= 15 is 0 Å². The maximum Gasteiger partial charge on any atom is 0.139 e. The third kappa shape index (κ3) is 1.78. The predicted molar refractivity (Wildman–Crippen MR) is 39.6 cm³/mol. The van der Waals surface area contributed by atoms with Gasteiger partial charge in [-0.15, -0.1) is 5.10 Å². The van der Waals surface area contributed by atoms with E-state index in [0.717, 1.165) is 0 Å². The first-order chi connectivity index (χ1) is 5.77. The highest BCUT2D eigenvalue weighted by Crippen LogP contribution is 2.02. The molecular formula is C6H9N5O. The van der Waals surface area contributed by atoms with Crippen molar-refractivity contribution < 1.29 is 5.11 Å². The third-order valence-electron chi connectivity index (χ3n) is 1.34. The molecule has 0 bridgehead atoms. The Balaban J connectivity index is 2.71. The molecule has 0 amide bonds. The number of nitriles is 1. The van der Waals surface area contributed by atoms with Crippen molar-refractivity contribution in [3.63, 3.8) is 0 Å². The van der Waals surface area contributed by atoms with Crippen molar-refractivity contribution in [3.8, 4) is 6.07 Å². The van der Waals surface area contributed by atoms with Crippen molar-refractivity contribution in [2.75, 3.05) is 6.61 Å². The van der Waals surface area contributed by atoms with E-state index in [9.17, 15) is 0 Å². The van der Waals surface area contributed by atoms with Crippen LogP contribution in [0.1, 0.15) is 11.7 Å². The zero-order valence-corrected chi connectivity index (χ0v) is 6.38. The van der Waals surface area contributed by atoms with Gasteiger partial charge in [-0.2, -0.15) is 5.26 Å². The van der Waals surface area contributed by atoms with E-state index < -0.39 is 6.04 Å². The standard InChI is InChI=1S/C6H9N5O/c7-3-5(8)6-4-11(1-2-12)10-9-6/h4-5,12H,1-2,8H2. The molecule has 0 aliphatic carbocycles. The lowest BCUT2D eigenvalue weighted by Gasteiger charge is -1.93. The van der Waals surface area contributed by atoms with Crippen molar-refractivity contribution in [2.45, 2.75) is 12.6 Å². The summed E-state index contributed by atoms with van der Waals surface area (Å²) in [5.41, 5.74) is 5.79. The minimum absolute atomic E-state index is 0.00933. The summed E-state index contributed by atoms with van der Waals surface area (Å²) in [7, 11) is 0. The third-order valence-corrected chi connectivity index (χ3v) is 1.34. The Morgan fingerprint density at radius 1 is 1.83 bits per heavy atom. The Labute approximate surface area is 69.2 Å². The van der Waals surface area contributed by atoms with Crippen LogP contribution in [0.2, 0.25) is 0 Å². The molecule has 1 heterocycles. The van der Waals surface area contributed by atoms with E-state index in [-0.39, 0.29) is 6.61 Å². The molecule has 0 aliphatic heterocycles. The second kappa shape index (κ2) is 3.80. The number of aliphatic hydroxyl groups excluding tert-OH is 1. The van der Waals surface area contributed by atoms with Gasteiger partial charge in [-0.3, -0.25) is 0 Å². The molecule has 0 saturated heterocycles. The van der Waals surface area contributed by atoms with Crippen LogP contribution in [0.4, 0.5) is 0 Å². The Kier molecular flexibility index (Phi) is 2.74. The summed E-state index contributed by atoms with van der Waals surface area (Å²) in [4.78, 5) is 0. The first kappa shape index (κ1) is 8.64. The van der Waals surface area contributed by atoms with Crippen molar-refractivity contribution in [2.24, 2.45) is 5.73 Å². The van der Waals surface area contributed by atoms with Crippen LogP contribution in [0.15, 0.2) is 6.20 Å². The Morgan fingerprint density at radius 2 is 2.58 bits per heavy atom. The SMILES string of the molecule is N#CC(N)c1cn(CCO)nn1. The maximum absolute atomic E-state index is 8.54. The minimum Gasteiger partial charge on any atom is -0.394 e. The van der Waals surface area contributed by atoms with Crippen molar-refractivity contribution in [3.05, 3.63) is 11.9 Å². The van der Waals surface area contributed by atoms with Gasteiger partial charge in [0.05, 0.1) is 25.4 Å². The van der Waals surface area contributed by atoms with Gasteiger partial charge >= 0.3 is 0 Å². The second-order valence-electron chi connectivity index (χ2n) is 2.24. The second-order valence-corrected chi connectivity index (χ2v) is 2.24. The van der Waals surface area contributed by atoms with Crippen LogP contribution >= 0.6 is 0 Å². The summed E-state index contributed by atoms with van der Waals surface area (Å²) in [6, 6.07) is 1.10. The predicted octanol–water partition coefficient (Wildman–Crippen LogP) is -1.21. The molecule has 12 heavy (non-hydrogen) atoms. The van der Waals surface area contributed by atoms with E-state index in [2.05, 4.69) is 10.3 Å². The molecule has 64 valence electrons. The van der Waals surface area contributed by atoms with E-state index in [1.54, 1.807) is 6.20 Å². The monoisotopic (exact) mass is 167 g/mol. The fraction of sp³-hybridized carbons (Fsp3) is 0.500. The summed E-state index contributed by atoms with van der Waals surface area (Å²) in [6.07, 6.45) is 1.55. The number of aromatic nitrogens is 3. The topological polar surface area (TPSA) is 101 Å². The van der Waals surface area contributed by atoms with Gasteiger partial charge in [0.1, 0.15) is 11.7 Å². The average molecular weight is 167 g/mol. The number of nitrogens with two attached hydrogens (primary N) is 1. The summed E-state index contributed by atoms with van der Waals surface area (Å²) in [5.74, 6) is 0. The summed E-state index contributed by atoms with van der Waals surface area (Å²) < 4.78 is 1.44. The number of nitrogens with zero attached hydrogens (tertiary/aromatic N) is 4. The maximum atomic E-state index is 8.54. The van der Waals surface area contributed by atoms with E-state index in [1.807, 2.05) is 6.07 Å². The largest absolute Gasteiger partial charge is 0.394 e. The summed E-state index contributed by atoms with van der Waals surface area (Å²) in [5, 5.41) is 24.3. The van der Waals surface area contributed by atoms with Crippen LogP contribution in [0.25, 0.3) is 0 Å². The minimum atomic E-state index is -0.738. The highest BCUT2D eigenvalue weighted by molar-refractivity contribution is 5.08. The molecule has 1 atom stereocenters. The molecule has 3 N–H and O–H groups in total. The van der Waals surface area contributed by atoms with Gasteiger partial charge in [-0.1, -0.05) is 5.21 Å². The molecule has 1 unspecified atom stereocenters. The lowest BCUT2D eigenvalue weighted by atomic mass is 10.3. The van der Waals surface area contributed by atoms with Gasteiger partial charge in [0.2, 0.25) is 0 Å². The fourth-order valence-corrected chi connectivity index (χ4v) is 0.734. The molecular weight excluding hydrogens is 158 g/mol. The zero-order valence-electron chi connectivity index (χ0n) is 6.38. The molecule has 6 nitrogen and oxygen atoms in total. The van der Waals surface area contributed by atoms with Crippen LogP contribution in [0.3, 0.4) is 0 Å². The normalized spacial score (nSPS) is 12.4. The summed E-state index contributed by atoms with van der Waals surface area (Å²) >= 11 is 0. The van der Waals surface area contributed by atoms with Crippen LogP contribution in [0.5, 0.6) is 0 Å². The number of hydrogen-bond acceptors (Lipinski definition) is 5. The smallest absolute Gasteiger partial charge is 0.139 e. The van der Waals surface area contributed by atoms with Crippen LogP contribution < -0.4 is 5.73 Å². The molecule has 0 aromatic carbocycles. The van der Waals surface area contributed by atoms with Gasteiger partial charge in [-0.05, 0) is 0 Å². The van der Waals surface area contributed by atoms with Crippen LogP contribution in [-0.4, -0.2) is 26.7 Å². The van der Waals surface area contributed by atoms with Crippen molar-refractivity contribution in [1.82, 2.24) is 15.0 Å². The number of hydrogen-bond donors (Lipinski definition) is 2. The first-order valence-corrected chi connectivity index (χ1v) is 3.44. The number of rotatable bonds is 3. The van der Waals surface area contributed by atoms with E-state index in [1.165, 1.54) is 4.68 Å². The molecule has 0 radical (unpaired) electrons. The van der Waals surface area contributed by atoms with Crippen molar-refractivity contribution >= 4 is 0 Å². The summed E-state index contributed by atoms with van der Waals surface area (Å²) in [6.45, 7) is 0.357. The Morgan fingerprint density at radius 3 is 3.17 bits per heavy atom. The molecule has 0 fully saturated rings. The van der Waals surface area contributed by atoms with Crippen LogP contribution in [0, 0.1) is 11.3 Å². The zero-order chi connectivity index (χ0) is 8.97. The fourth-order valence-electron chi connectivity index (χ4n) is 0.734. The van der Waals surface area contributed by atoms with E-state index in [0.29, 0.717) is 12.2 Å². The molecule has 1 rings (SSSR count). The van der Waals surface area contributed by atoms with Gasteiger partial charge in [-0.25, -0.2) is 4.68 Å². The molecule has 0 saturated carbocycles.